The number of nitrogens with two attached hydrogens (primary N) is 1. The van der Waals surface area contributed by atoms with E-state index < -0.39 is 5.91 Å². The molecule has 0 unspecified atom stereocenters. The second-order valence-corrected chi connectivity index (χ2v) is 8.01. The van der Waals surface area contributed by atoms with Gasteiger partial charge >= 0.3 is 0 Å². The van der Waals surface area contributed by atoms with Gasteiger partial charge in [0.25, 0.3) is 11.5 Å². The maximum absolute atomic E-state index is 12.8. The van der Waals surface area contributed by atoms with Crippen molar-refractivity contribution in [1.29, 1.82) is 0 Å². The molecule has 2 heterocycles. The molecule has 1 aliphatic rings. The third-order valence-corrected chi connectivity index (χ3v) is 5.85. The highest BCUT2D eigenvalue weighted by Gasteiger charge is 2.23. The van der Waals surface area contributed by atoms with Gasteiger partial charge in [-0.3, -0.25) is 14.4 Å². The van der Waals surface area contributed by atoms with E-state index in [1.54, 1.807) is 12.3 Å². The highest BCUT2D eigenvalue weighted by molar-refractivity contribution is 6.04. The van der Waals surface area contributed by atoms with Crippen LogP contribution in [0.2, 0.25) is 0 Å². The summed E-state index contributed by atoms with van der Waals surface area (Å²) in [6.07, 6.45) is 3.18. The molecule has 2 aromatic carbocycles. The molecule has 0 bridgehead atoms. The van der Waals surface area contributed by atoms with Crippen molar-refractivity contribution in [2.45, 2.75) is 19.4 Å². The number of carbonyl (C=O) groups is 2. The fraction of sp³-hybridized carbons (Fsp3) is 0.240. The van der Waals surface area contributed by atoms with Crippen LogP contribution in [0.5, 0.6) is 0 Å². The van der Waals surface area contributed by atoms with Crippen molar-refractivity contribution in [1.82, 2.24) is 4.57 Å². The predicted molar refractivity (Wildman–Crippen MR) is 125 cm³/mol. The zero-order valence-corrected chi connectivity index (χ0v) is 17.7. The summed E-state index contributed by atoms with van der Waals surface area (Å²) < 4.78 is 1.53. The topological polar surface area (TPSA) is 97.4 Å². The highest BCUT2D eigenvalue weighted by atomic mass is 16.2. The van der Waals surface area contributed by atoms with Crippen LogP contribution in [-0.2, 0) is 11.3 Å². The number of aromatic nitrogens is 1. The summed E-state index contributed by atoms with van der Waals surface area (Å²) in [5, 5.41) is 2.81. The first-order valence-corrected chi connectivity index (χ1v) is 10.7. The number of nitrogens with zero attached hydrogens (tertiary/aromatic N) is 2. The van der Waals surface area contributed by atoms with Crippen molar-refractivity contribution in [3.8, 4) is 0 Å². The molecular formula is C25H26N4O3. The van der Waals surface area contributed by atoms with Crippen molar-refractivity contribution in [2.24, 2.45) is 11.7 Å². The Labute approximate surface area is 186 Å². The van der Waals surface area contributed by atoms with Gasteiger partial charge in [-0.25, -0.2) is 0 Å². The summed E-state index contributed by atoms with van der Waals surface area (Å²) in [5.41, 5.74) is 7.80. The minimum absolute atomic E-state index is 0.0541. The molecule has 1 fully saturated rings. The first kappa shape index (κ1) is 21.4. The number of primary amides is 1. The molecule has 4 rings (SSSR count). The summed E-state index contributed by atoms with van der Waals surface area (Å²) in [5.74, 6) is -0.722. The van der Waals surface area contributed by atoms with Crippen LogP contribution in [0.3, 0.4) is 0 Å². The molecule has 1 aromatic heterocycles. The van der Waals surface area contributed by atoms with Gasteiger partial charge in [0.2, 0.25) is 5.91 Å². The first-order valence-electron chi connectivity index (χ1n) is 10.7. The van der Waals surface area contributed by atoms with Crippen molar-refractivity contribution < 1.29 is 9.59 Å². The normalized spacial score (nSPS) is 14.2. The van der Waals surface area contributed by atoms with Crippen molar-refractivity contribution in [3.63, 3.8) is 0 Å². The smallest absolute Gasteiger partial charge is 0.263 e. The number of rotatable bonds is 6. The van der Waals surface area contributed by atoms with Gasteiger partial charge in [0.1, 0.15) is 5.56 Å². The lowest BCUT2D eigenvalue weighted by atomic mass is 9.96. The van der Waals surface area contributed by atoms with Crippen LogP contribution in [0.25, 0.3) is 0 Å². The molecular weight excluding hydrogens is 404 g/mol. The summed E-state index contributed by atoms with van der Waals surface area (Å²) in [6.45, 7) is 1.94. The SMILES string of the molecule is NC(=O)C1CCN(c2ccc(NC(=O)c3cccn(Cc4ccccc4)c3=O)cc2)CC1. The number of anilines is 2. The Morgan fingerprint density at radius 2 is 1.62 bits per heavy atom. The van der Waals surface area contributed by atoms with E-state index in [0.717, 1.165) is 37.2 Å². The average molecular weight is 431 g/mol. The van der Waals surface area contributed by atoms with E-state index >= 15 is 0 Å². The molecule has 0 saturated carbocycles. The molecule has 3 aromatic rings. The van der Waals surface area contributed by atoms with Gasteiger partial charge in [-0.1, -0.05) is 30.3 Å². The average Bonchev–Trinajstić information content (AvgIpc) is 2.81. The Kier molecular flexibility index (Phi) is 6.35. The monoisotopic (exact) mass is 430 g/mol. The number of hydrogen-bond donors (Lipinski definition) is 2. The van der Waals surface area contributed by atoms with Gasteiger partial charge in [-0.15, -0.1) is 0 Å². The van der Waals surface area contributed by atoms with Crippen LogP contribution in [0, 0.1) is 5.92 Å². The zero-order chi connectivity index (χ0) is 22.5. The first-order chi connectivity index (χ1) is 15.5. The van der Waals surface area contributed by atoms with Crippen molar-refractivity contribution in [2.75, 3.05) is 23.3 Å². The van der Waals surface area contributed by atoms with Crippen LogP contribution < -0.4 is 21.5 Å². The maximum Gasteiger partial charge on any atom is 0.263 e. The van der Waals surface area contributed by atoms with Crippen LogP contribution in [-0.4, -0.2) is 29.5 Å². The summed E-state index contributed by atoms with van der Waals surface area (Å²) in [4.78, 5) is 39.1. The fourth-order valence-corrected chi connectivity index (χ4v) is 3.99. The summed E-state index contributed by atoms with van der Waals surface area (Å²) in [7, 11) is 0. The highest BCUT2D eigenvalue weighted by Crippen LogP contribution is 2.24. The van der Waals surface area contributed by atoms with E-state index in [-0.39, 0.29) is 22.9 Å². The maximum atomic E-state index is 12.8. The Balaban J connectivity index is 1.42. The lowest BCUT2D eigenvalue weighted by Gasteiger charge is -2.32. The molecule has 0 atom stereocenters. The zero-order valence-electron chi connectivity index (χ0n) is 17.7. The van der Waals surface area contributed by atoms with E-state index in [1.807, 2.05) is 54.6 Å². The summed E-state index contributed by atoms with van der Waals surface area (Å²) in [6, 6.07) is 20.4. The van der Waals surface area contributed by atoms with Gasteiger partial charge in [0, 0.05) is 36.6 Å². The molecule has 2 amide bonds. The Morgan fingerprint density at radius 1 is 0.938 bits per heavy atom. The number of benzene rings is 2. The largest absolute Gasteiger partial charge is 0.371 e. The third-order valence-electron chi connectivity index (χ3n) is 5.85. The van der Waals surface area contributed by atoms with E-state index in [1.165, 1.54) is 10.6 Å². The molecule has 0 radical (unpaired) electrons. The van der Waals surface area contributed by atoms with E-state index in [0.29, 0.717) is 12.2 Å². The van der Waals surface area contributed by atoms with Gasteiger partial charge in [-0.2, -0.15) is 0 Å². The molecule has 7 nitrogen and oxygen atoms in total. The molecule has 0 aliphatic carbocycles. The van der Waals surface area contributed by atoms with Gasteiger partial charge < -0.3 is 20.5 Å². The van der Waals surface area contributed by atoms with Crippen LogP contribution in [0.4, 0.5) is 11.4 Å². The third kappa shape index (κ3) is 4.88. The number of piperidine rings is 1. The van der Waals surface area contributed by atoms with E-state index in [2.05, 4.69) is 10.2 Å². The second kappa shape index (κ2) is 9.51. The number of carbonyl (C=O) groups excluding carboxylic acids is 2. The number of pyridine rings is 1. The fourth-order valence-electron chi connectivity index (χ4n) is 3.99. The van der Waals surface area contributed by atoms with E-state index in [9.17, 15) is 14.4 Å². The Hall–Kier alpha value is -3.87. The lowest BCUT2D eigenvalue weighted by molar-refractivity contribution is -0.122. The molecule has 164 valence electrons. The minimum atomic E-state index is -0.438. The Bertz CT molecular complexity index is 1150. The molecule has 32 heavy (non-hydrogen) atoms. The summed E-state index contributed by atoms with van der Waals surface area (Å²) >= 11 is 0. The molecule has 7 heteroatoms. The number of nitrogens with one attached hydrogen (secondary N) is 1. The van der Waals surface area contributed by atoms with Gasteiger partial charge in [0.05, 0.1) is 6.54 Å². The molecule has 0 spiro atoms. The van der Waals surface area contributed by atoms with Crippen molar-refractivity contribution >= 4 is 23.2 Å². The van der Waals surface area contributed by atoms with Crippen molar-refractivity contribution in [3.05, 3.63) is 94.4 Å². The van der Waals surface area contributed by atoms with Crippen LogP contribution in [0.1, 0.15) is 28.8 Å². The van der Waals surface area contributed by atoms with Gasteiger partial charge in [0.15, 0.2) is 0 Å². The molecule has 1 aliphatic heterocycles. The number of amides is 2. The molecule has 1 saturated heterocycles. The quantitative estimate of drug-likeness (QED) is 0.628. The Morgan fingerprint density at radius 3 is 2.28 bits per heavy atom. The van der Waals surface area contributed by atoms with Crippen LogP contribution in [0.15, 0.2) is 77.7 Å². The number of hydrogen-bond acceptors (Lipinski definition) is 4. The minimum Gasteiger partial charge on any atom is -0.371 e. The predicted octanol–water partition coefficient (Wildman–Crippen LogP) is 2.85. The van der Waals surface area contributed by atoms with E-state index in [4.69, 9.17) is 5.73 Å². The standard InChI is InChI=1S/C25H26N4O3/c26-23(30)19-12-15-28(16-13-19)21-10-8-20(9-11-21)27-24(31)22-7-4-14-29(25(22)32)17-18-5-2-1-3-6-18/h1-11,14,19H,12-13,15-17H2,(H2,26,30)(H,27,31). The van der Waals surface area contributed by atoms with Gasteiger partial charge in [-0.05, 0) is 54.8 Å². The van der Waals surface area contributed by atoms with Crippen LogP contribution >= 0.6 is 0 Å². The second-order valence-electron chi connectivity index (χ2n) is 8.01. The lowest BCUT2D eigenvalue weighted by Crippen LogP contribution is -2.38. The molecule has 3 N–H and O–H groups in total.